The van der Waals surface area contributed by atoms with Gasteiger partial charge in [0.25, 0.3) is 0 Å². The van der Waals surface area contributed by atoms with Crippen molar-refractivity contribution in [1.82, 2.24) is 10.2 Å². The van der Waals surface area contributed by atoms with Gasteiger partial charge in [-0.1, -0.05) is 19.3 Å². The highest BCUT2D eigenvalue weighted by atomic mass is 16.3. The first-order valence-electron chi connectivity index (χ1n) is 6.37. The maximum atomic E-state index is 9.56. The molecule has 2 N–H and O–H groups in total. The van der Waals surface area contributed by atoms with Gasteiger partial charge in [-0.05, 0) is 19.8 Å². The molecular formula is C12H24N2O. The maximum Gasteiger partial charge on any atom is 0.0639 e. The average molecular weight is 212 g/mol. The molecule has 1 saturated heterocycles. The van der Waals surface area contributed by atoms with E-state index in [4.69, 9.17) is 0 Å². The summed E-state index contributed by atoms with van der Waals surface area (Å²) in [7, 11) is 0. The van der Waals surface area contributed by atoms with E-state index in [0.29, 0.717) is 5.54 Å². The minimum atomic E-state index is -0.193. The molecule has 0 aromatic rings. The zero-order valence-electron chi connectivity index (χ0n) is 9.84. The standard InChI is InChI=1S/C12H24N2O/c1-11(15)9-14-8-7-13-10-12(14)5-3-2-4-6-12/h11,13,15H,2-10H2,1H3/t11-/m1/s1. The fourth-order valence-electron chi connectivity index (χ4n) is 3.19. The molecule has 0 aromatic heterocycles. The van der Waals surface area contributed by atoms with Crippen LogP contribution in [-0.2, 0) is 0 Å². The summed E-state index contributed by atoms with van der Waals surface area (Å²) < 4.78 is 0. The van der Waals surface area contributed by atoms with Gasteiger partial charge < -0.3 is 10.4 Å². The molecule has 1 heterocycles. The van der Waals surface area contributed by atoms with Crippen LogP contribution in [0, 0.1) is 0 Å². The Balaban J connectivity index is 2.03. The molecule has 0 aromatic carbocycles. The van der Waals surface area contributed by atoms with Gasteiger partial charge in [-0.15, -0.1) is 0 Å². The third kappa shape index (κ3) is 2.52. The summed E-state index contributed by atoms with van der Waals surface area (Å²) in [5.74, 6) is 0. The highest BCUT2D eigenvalue weighted by Gasteiger charge is 2.39. The quantitative estimate of drug-likeness (QED) is 0.716. The van der Waals surface area contributed by atoms with Gasteiger partial charge in [0.2, 0.25) is 0 Å². The Bertz CT molecular complexity index is 192. The summed E-state index contributed by atoms with van der Waals surface area (Å²) >= 11 is 0. The molecule has 1 saturated carbocycles. The second-order valence-corrected chi connectivity index (χ2v) is 5.26. The molecule has 2 fully saturated rings. The number of rotatable bonds is 2. The van der Waals surface area contributed by atoms with Gasteiger partial charge in [0.05, 0.1) is 6.10 Å². The van der Waals surface area contributed by atoms with E-state index in [1.165, 1.54) is 32.1 Å². The van der Waals surface area contributed by atoms with E-state index in [0.717, 1.165) is 26.2 Å². The van der Waals surface area contributed by atoms with Gasteiger partial charge in [0, 0.05) is 31.7 Å². The number of hydrogen-bond donors (Lipinski definition) is 2. The van der Waals surface area contributed by atoms with Crippen molar-refractivity contribution in [2.75, 3.05) is 26.2 Å². The Morgan fingerprint density at radius 1 is 1.33 bits per heavy atom. The monoisotopic (exact) mass is 212 g/mol. The number of aliphatic hydroxyl groups is 1. The maximum absolute atomic E-state index is 9.56. The number of hydrogen-bond acceptors (Lipinski definition) is 3. The van der Waals surface area contributed by atoms with Crippen molar-refractivity contribution in [3.63, 3.8) is 0 Å². The third-order valence-electron chi connectivity index (χ3n) is 3.95. The van der Waals surface area contributed by atoms with E-state index in [2.05, 4.69) is 10.2 Å². The van der Waals surface area contributed by atoms with E-state index < -0.39 is 0 Å². The Morgan fingerprint density at radius 3 is 2.73 bits per heavy atom. The van der Waals surface area contributed by atoms with E-state index in [1.54, 1.807) is 0 Å². The largest absolute Gasteiger partial charge is 0.392 e. The van der Waals surface area contributed by atoms with Gasteiger partial charge in [0.1, 0.15) is 0 Å². The van der Waals surface area contributed by atoms with Crippen LogP contribution in [0.25, 0.3) is 0 Å². The molecule has 0 bridgehead atoms. The van der Waals surface area contributed by atoms with E-state index in [1.807, 2.05) is 6.92 Å². The van der Waals surface area contributed by atoms with Crippen molar-refractivity contribution >= 4 is 0 Å². The van der Waals surface area contributed by atoms with Crippen LogP contribution in [0.15, 0.2) is 0 Å². The highest BCUT2D eigenvalue weighted by Crippen LogP contribution is 2.34. The summed E-state index contributed by atoms with van der Waals surface area (Å²) in [5.41, 5.74) is 0.369. The van der Waals surface area contributed by atoms with Gasteiger partial charge in [-0.25, -0.2) is 0 Å². The first-order chi connectivity index (χ1) is 7.23. The predicted octanol–water partition coefficient (Wildman–Crippen LogP) is 0.975. The minimum Gasteiger partial charge on any atom is -0.392 e. The van der Waals surface area contributed by atoms with E-state index >= 15 is 0 Å². The lowest BCUT2D eigenvalue weighted by Crippen LogP contribution is -2.63. The average Bonchev–Trinajstić information content (AvgIpc) is 2.23. The number of piperazine rings is 1. The first-order valence-corrected chi connectivity index (χ1v) is 6.37. The Labute approximate surface area is 92.8 Å². The normalized spacial score (nSPS) is 29.2. The van der Waals surface area contributed by atoms with Crippen molar-refractivity contribution in [3.05, 3.63) is 0 Å². The molecule has 0 radical (unpaired) electrons. The second kappa shape index (κ2) is 4.81. The lowest BCUT2D eigenvalue weighted by Gasteiger charge is -2.50. The van der Waals surface area contributed by atoms with Crippen LogP contribution in [0.1, 0.15) is 39.0 Å². The van der Waals surface area contributed by atoms with Crippen molar-refractivity contribution < 1.29 is 5.11 Å². The molecule has 3 nitrogen and oxygen atoms in total. The molecule has 1 atom stereocenters. The summed E-state index contributed by atoms with van der Waals surface area (Å²) in [6.45, 7) is 6.05. The second-order valence-electron chi connectivity index (χ2n) is 5.26. The topological polar surface area (TPSA) is 35.5 Å². The molecule has 2 aliphatic rings. The summed E-state index contributed by atoms with van der Waals surface area (Å²) in [4.78, 5) is 2.54. The Morgan fingerprint density at radius 2 is 2.07 bits per heavy atom. The predicted molar refractivity (Wildman–Crippen MR) is 61.9 cm³/mol. The van der Waals surface area contributed by atoms with E-state index in [9.17, 15) is 5.11 Å². The van der Waals surface area contributed by atoms with Crippen molar-refractivity contribution in [2.45, 2.75) is 50.7 Å². The number of aliphatic hydroxyl groups excluding tert-OH is 1. The number of nitrogens with zero attached hydrogens (tertiary/aromatic N) is 1. The zero-order chi connectivity index (χ0) is 10.7. The SMILES string of the molecule is C[C@@H](O)CN1CCNCC12CCCCC2. The molecule has 0 amide bonds. The van der Waals surface area contributed by atoms with Crippen LogP contribution >= 0.6 is 0 Å². The molecule has 0 unspecified atom stereocenters. The lowest BCUT2D eigenvalue weighted by molar-refractivity contribution is -0.00234. The van der Waals surface area contributed by atoms with E-state index in [-0.39, 0.29) is 6.10 Å². The lowest BCUT2D eigenvalue weighted by atomic mass is 9.79. The van der Waals surface area contributed by atoms with Crippen LogP contribution in [0.4, 0.5) is 0 Å². The zero-order valence-corrected chi connectivity index (χ0v) is 9.84. The van der Waals surface area contributed by atoms with Crippen LogP contribution in [0.5, 0.6) is 0 Å². The van der Waals surface area contributed by atoms with Gasteiger partial charge >= 0.3 is 0 Å². The van der Waals surface area contributed by atoms with Crippen LogP contribution in [0.2, 0.25) is 0 Å². The molecule has 1 aliphatic heterocycles. The molecule has 2 rings (SSSR count). The minimum absolute atomic E-state index is 0.193. The van der Waals surface area contributed by atoms with Gasteiger partial charge in [-0.2, -0.15) is 0 Å². The van der Waals surface area contributed by atoms with Crippen LogP contribution in [0.3, 0.4) is 0 Å². The van der Waals surface area contributed by atoms with Crippen LogP contribution in [-0.4, -0.2) is 47.8 Å². The number of β-amino-alcohol motifs (C(OH)–C–C–N with tert-alkyl or cyclic N) is 1. The summed E-state index contributed by atoms with van der Waals surface area (Å²) in [6.07, 6.45) is 6.54. The number of nitrogens with one attached hydrogen (secondary N) is 1. The molecule has 1 aliphatic carbocycles. The smallest absolute Gasteiger partial charge is 0.0639 e. The molecular weight excluding hydrogens is 188 g/mol. The molecule has 15 heavy (non-hydrogen) atoms. The van der Waals surface area contributed by atoms with Crippen molar-refractivity contribution in [1.29, 1.82) is 0 Å². The molecule has 88 valence electrons. The Kier molecular flexibility index (Phi) is 3.65. The third-order valence-corrected chi connectivity index (χ3v) is 3.95. The van der Waals surface area contributed by atoms with Gasteiger partial charge in [0.15, 0.2) is 0 Å². The van der Waals surface area contributed by atoms with Crippen molar-refractivity contribution in [2.24, 2.45) is 0 Å². The molecule has 3 heteroatoms. The summed E-state index contributed by atoms with van der Waals surface area (Å²) in [5, 5.41) is 13.1. The summed E-state index contributed by atoms with van der Waals surface area (Å²) in [6, 6.07) is 0. The molecule has 1 spiro atoms. The fourth-order valence-corrected chi connectivity index (χ4v) is 3.19. The van der Waals surface area contributed by atoms with Gasteiger partial charge in [-0.3, -0.25) is 4.90 Å². The highest BCUT2D eigenvalue weighted by molar-refractivity contribution is 4.98. The fraction of sp³-hybridized carbons (Fsp3) is 1.00. The Hall–Kier alpha value is -0.120. The van der Waals surface area contributed by atoms with Crippen molar-refractivity contribution in [3.8, 4) is 0 Å². The van der Waals surface area contributed by atoms with Crippen LogP contribution < -0.4 is 5.32 Å². The first kappa shape index (κ1) is 11.4.